The predicted molar refractivity (Wildman–Crippen MR) is 61.1 cm³/mol. The molecule has 1 fully saturated rings. The van der Waals surface area contributed by atoms with Gasteiger partial charge in [0.15, 0.2) is 0 Å². The largest absolute Gasteiger partial charge is 0.492 e. The molecule has 0 aliphatic heterocycles. The molecule has 2 rings (SSSR count). The fourth-order valence-electron chi connectivity index (χ4n) is 1.43. The maximum Gasteiger partial charge on any atom is 0.240 e. The lowest BCUT2D eigenvalue weighted by atomic mass is 10.3. The summed E-state index contributed by atoms with van der Waals surface area (Å²) in [5, 5.41) is 2.69. The summed E-state index contributed by atoms with van der Waals surface area (Å²) < 4.78 is 18.1. The van der Waals surface area contributed by atoms with Crippen LogP contribution >= 0.6 is 0 Å². The van der Waals surface area contributed by atoms with Gasteiger partial charge in [-0.3, -0.25) is 4.79 Å². The molecule has 0 unspecified atom stereocenters. The summed E-state index contributed by atoms with van der Waals surface area (Å²) in [6.07, 6.45) is 1.48. The van der Waals surface area contributed by atoms with Crippen molar-refractivity contribution in [3.05, 3.63) is 30.1 Å². The summed E-state index contributed by atoms with van der Waals surface area (Å²) in [6.45, 7) is 0.666. The highest BCUT2D eigenvalue weighted by Crippen LogP contribution is 2.31. The fourth-order valence-corrected chi connectivity index (χ4v) is 1.43. The van der Waals surface area contributed by atoms with Crippen LogP contribution in [0.3, 0.4) is 0 Å². The van der Waals surface area contributed by atoms with Gasteiger partial charge in [0, 0.05) is 6.07 Å². The van der Waals surface area contributed by atoms with E-state index >= 15 is 0 Å². The van der Waals surface area contributed by atoms with Crippen molar-refractivity contribution in [3.63, 3.8) is 0 Å². The smallest absolute Gasteiger partial charge is 0.240 e. The Morgan fingerprint density at radius 1 is 1.53 bits per heavy atom. The molecule has 0 atom stereocenters. The minimum Gasteiger partial charge on any atom is -0.492 e. The molecule has 4 nitrogen and oxygen atoms in total. The SMILES string of the molecule is NC1(C(=O)NCCOc2cccc(F)c2)CC1. The molecule has 0 saturated heterocycles. The van der Waals surface area contributed by atoms with Crippen molar-refractivity contribution in [2.24, 2.45) is 5.73 Å². The van der Waals surface area contributed by atoms with Crippen LogP contribution in [0.5, 0.6) is 5.75 Å². The maximum absolute atomic E-state index is 12.8. The molecule has 1 saturated carbocycles. The van der Waals surface area contributed by atoms with Crippen LogP contribution in [-0.4, -0.2) is 24.6 Å². The molecule has 3 N–H and O–H groups in total. The quantitative estimate of drug-likeness (QED) is 0.746. The number of amides is 1. The molecule has 0 spiro atoms. The van der Waals surface area contributed by atoms with E-state index in [1.165, 1.54) is 12.1 Å². The molecule has 0 aromatic heterocycles. The molecular formula is C12H15FN2O2. The second-order valence-corrected chi connectivity index (χ2v) is 4.22. The molecule has 1 aliphatic rings. The average Bonchev–Trinajstić information content (AvgIpc) is 3.04. The van der Waals surface area contributed by atoms with E-state index in [1.807, 2.05) is 0 Å². The first-order chi connectivity index (χ1) is 8.10. The Balaban J connectivity index is 1.68. The zero-order valence-electron chi connectivity index (χ0n) is 9.41. The second kappa shape index (κ2) is 4.71. The van der Waals surface area contributed by atoms with E-state index in [0.29, 0.717) is 18.9 Å². The Morgan fingerprint density at radius 2 is 2.29 bits per heavy atom. The second-order valence-electron chi connectivity index (χ2n) is 4.22. The molecule has 1 aliphatic carbocycles. The van der Waals surface area contributed by atoms with Gasteiger partial charge in [-0.2, -0.15) is 0 Å². The molecule has 17 heavy (non-hydrogen) atoms. The fraction of sp³-hybridized carbons (Fsp3) is 0.417. The van der Waals surface area contributed by atoms with Gasteiger partial charge >= 0.3 is 0 Å². The van der Waals surface area contributed by atoms with Gasteiger partial charge in [0.25, 0.3) is 0 Å². The zero-order chi connectivity index (χ0) is 12.3. The monoisotopic (exact) mass is 238 g/mol. The third-order valence-corrected chi connectivity index (χ3v) is 2.69. The van der Waals surface area contributed by atoms with Crippen molar-refractivity contribution in [2.75, 3.05) is 13.2 Å². The summed E-state index contributed by atoms with van der Waals surface area (Å²) in [6, 6.07) is 5.88. The van der Waals surface area contributed by atoms with Crippen molar-refractivity contribution in [1.82, 2.24) is 5.32 Å². The topological polar surface area (TPSA) is 64.4 Å². The van der Waals surface area contributed by atoms with Gasteiger partial charge in [0.1, 0.15) is 18.2 Å². The molecule has 0 bridgehead atoms. The van der Waals surface area contributed by atoms with Gasteiger partial charge < -0.3 is 15.8 Å². The van der Waals surface area contributed by atoms with E-state index in [2.05, 4.69) is 5.32 Å². The number of nitrogens with two attached hydrogens (primary N) is 1. The lowest BCUT2D eigenvalue weighted by Gasteiger charge is -2.10. The van der Waals surface area contributed by atoms with Crippen LogP contribution < -0.4 is 15.8 Å². The number of benzene rings is 1. The van der Waals surface area contributed by atoms with E-state index in [1.54, 1.807) is 12.1 Å². The number of rotatable bonds is 5. The highest BCUT2D eigenvalue weighted by Gasteiger charge is 2.45. The number of nitrogens with one attached hydrogen (secondary N) is 1. The third kappa shape index (κ3) is 3.17. The van der Waals surface area contributed by atoms with Crippen LogP contribution in [-0.2, 0) is 4.79 Å². The molecule has 1 aromatic rings. The summed E-state index contributed by atoms with van der Waals surface area (Å²) in [5.74, 6) is -0.0288. The molecule has 0 heterocycles. The number of carbonyl (C=O) groups is 1. The van der Waals surface area contributed by atoms with Gasteiger partial charge in [-0.1, -0.05) is 6.07 Å². The Morgan fingerprint density at radius 3 is 2.94 bits per heavy atom. The van der Waals surface area contributed by atoms with Gasteiger partial charge in [-0.15, -0.1) is 0 Å². The number of hydrogen-bond acceptors (Lipinski definition) is 3. The Kier molecular flexibility index (Phi) is 3.28. The van der Waals surface area contributed by atoms with Crippen molar-refractivity contribution in [2.45, 2.75) is 18.4 Å². The van der Waals surface area contributed by atoms with Crippen molar-refractivity contribution >= 4 is 5.91 Å². The lowest BCUT2D eigenvalue weighted by Crippen LogP contribution is -2.44. The van der Waals surface area contributed by atoms with Gasteiger partial charge in [-0.25, -0.2) is 4.39 Å². The third-order valence-electron chi connectivity index (χ3n) is 2.69. The Labute approximate surface area is 98.9 Å². The summed E-state index contributed by atoms with van der Waals surface area (Å²) in [5.41, 5.74) is 5.05. The summed E-state index contributed by atoms with van der Waals surface area (Å²) in [4.78, 5) is 11.4. The van der Waals surface area contributed by atoms with Crippen LogP contribution in [0, 0.1) is 5.82 Å². The minimum atomic E-state index is -0.654. The minimum absolute atomic E-state index is 0.139. The van der Waals surface area contributed by atoms with E-state index in [-0.39, 0.29) is 11.7 Å². The van der Waals surface area contributed by atoms with E-state index in [4.69, 9.17) is 10.5 Å². The average molecular weight is 238 g/mol. The van der Waals surface area contributed by atoms with Crippen molar-refractivity contribution in [3.8, 4) is 5.75 Å². The molecule has 92 valence electrons. The molecule has 0 radical (unpaired) electrons. The number of hydrogen-bond donors (Lipinski definition) is 2. The molecule has 1 aromatic carbocycles. The molecular weight excluding hydrogens is 223 g/mol. The standard InChI is InChI=1S/C12H15FN2O2/c13-9-2-1-3-10(8-9)17-7-6-15-11(16)12(14)4-5-12/h1-3,8H,4-7,14H2,(H,15,16). The summed E-state index contributed by atoms with van der Waals surface area (Å²) in [7, 11) is 0. The normalized spacial score (nSPS) is 16.4. The maximum atomic E-state index is 12.8. The number of carbonyl (C=O) groups excluding carboxylic acids is 1. The van der Waals surface area contributed by atoms with E-state index in [9.17, 15) is 9.18 Å². The first-order valence-electron chi connectivity index (χ1n) is 5.56. The van der Waals surface area contributed by atoms with Crippen molar-refractivity contribution in [1.29, 1.82) is 0 Å². The van der Waals surface area contributed by atoms with E-state index < -0.39 is 5.54 Å². The highest BCUT2D eigenvalue weighted by molar-refractivity contribution is 5.88. The Bertz CT molecular complexity index is 419. The van der Waals surface area contributed by atoms with Crippen LogP contribution in [0.2, 0.25) is 0 Å². The lowest BCUT2D eigenvalue weighted by molar-refractivity contribution is -0.123. The Hall–Kier alpha value is -1.62. The van der Waals surface area contributed by atoms with Crippen LogP contribution in [0.4, 0.5) is 4.39 Å². The van der Waals surface area contributed by atoms with Gasteiger partial charge in [0.05, 0.1) is 12.1 Å². The summed E-state index contributed by atoms with van der Waals surface area (Å²) >= 11 is 0. The highest BCUT2D eigenvalue weighted by atomic mass is 19.1. The first-order valence-corrected chi connectivity index (χ1v) is 5.56. The molecule has 1 amide bonds. The first kappa shape index (κ1) is 11.9. The van der Waals surface area contributed by atoms with Gasteiger partial charge in [-0.05, 0) is 25.0 Å². The predicted octanol–water partition coefficient (Wildman–Crippen LogP) is 0.812. The van der Waals surface area contributed by atoms with Gasteiger partial charge in [0.2, 0.25) is 5.91 Å². The molecule has 5 heteroatoms. The van der Waals surface area contributed by atoms with Crippen molar-refractivity contribution < 1.29 is 13.9 Å². The number of halogens is 1. The number of ether oxygens (including phenoxy) is 1. The van der Waals surface area contributed by atoms with E-state index in [0.717, 1.165) is 12.8 Å². The van der Waals surface area contributed by atoms with Crippen LogP contribution in [0.25, 0.3) is 0 Å². The van der Waals surface area contributed by atoms with Crippen LogP contribution in [0.15, 0.2) is 24.3 Å². The zero-order valence-corrected chi connectivity index (χ0v) is 9.41. The van der Waals surface area contributed by atoms with Crippen LogP contribution in [0.1, 0.15) is 12.8 Å².